The first-order valence-corrected chi connectivity index (χ1v) is 5.72. The highest BCUT2D eigenvalue weighted by Crippen LogP contribution is 2.32. The van der Waals surface area contributed by atoms with Crippen molar-refractivity contribution >= 4 is 5.97 Å². The molecule has 1 aromatic rings. The zero-order valence-electron chi connectivity index (χ0n) is 9.76. The van der Waals surface area contributed by atoms with Crippen molar-refractivity contribution in [2.24, 2.45) is 13.0 Å². The lowest BCUT2D eigenvalue weighted by Crippen LogP contribution is -2.29. The normalized spacial score (nSPS) is 17.1. The first-order chi connectivity index (χ1) is 8.09. The zero-order chi connectivity index (χ0) is 12.4. The van der Waals surface area contributed by atoms with Crippen molar-refractivity contribution in [1.29, 1.82) is 0 Å². The fraction of sp³-hybridized carbons (Fsp3) is 0.636. The molecule has 0 aliphatic heterocycles. The summed E-state index contributed by atoms with van der Waals surface area (Å²) in [5, 5.41) is 25.6. The van der Waals surface area contributed by atoms with E-state index in [4.69, 9.17) is 5.11 Å². The van der Waals surface area contributed by atoms with E-state index in [1.54, 1.807) is 11.7 Å². The highest BCUT2D eigenvalue weighted by molar-refractivity contribution is 5.88. The molecule has 0 aromatic carbocycles. The highest BCUT2D eigenvalue weighted by atomic mass is 16.4. The Bertz CT molecular complexity index is 412. The van der Waals surface area contributed by atoms with Gasteiger partial charge >= 0.3 is 5.97 Å². The topological polar surface area (TPSA) is 87.4 Å². The fourth-order valence-electron chi connectivity index (χ4n) is 1.84. The molecule has 1 atom stereocenters. The average molecular weight is 239 g/mol. The lowest BCUT2D eigenvalue weighted by atomic mass is 10.2. The number of rotatable bonds is 6. The molecule has 94 valence electrons. The third-order valence-electron chi connectivity index (χ3n) is 3.10. The predicted molar refractivity (Wildman–Crippen MR) is 60.6 cm³/mol. The van der Waals surface area contributed by atoms with Crippen molar-refractivity contribution in [3.8, 4) is 0 Å². The van der Waals surface area contributed by atoms with Gasteiger partial charge in [-0.2, -0.15) is 5.10 Å². The Morgan fingerprint density at radius 1 is 1.71 bits per heavy atom. The fourth-order valence-corrected chi connectivity index (χ4v) is 1.84. The molecule has 17 heavy (non-hydrogen) atoms. The van der Waals surface area contributed by atoms with Crippen LogP contribution in [-0.4, -0.2) is 38.6 Å². The van der Waals surface area contributed by atoms with Gasteiger partial charge in [0, 0.05) is 20.1 Å². The molecule has 6 heteroatoms. The minimum Gasteiger partial charge on any atom is -0.478 e. The molecule has 1 saturated carbocycles. The maximum atomic E-state index is 10.9. The minimum absolute atomic E-state index is 0.209. The van der Waals surface area contributed by atoms with Gasteiger partial charge < -0.3 is 15.5 Å². The second-order valence-corrected chi connectivity index (χ2v) is 4.47. The van der Waals surface area contributed by atoms with Crippen LogP contribution in [0.15, 0.2) is 6.20 Å². The summed E-state index contributed by atoms with van der Waals surface area (Å²) in [5.41, 5.74) is 0.835. The first kappa shape index (κ1) is 12.1. The quantitative estimate of drug-likeness (QED) is 0.649. The molecule has 6 nitrogen and oxygen atoms in total. The van der Waals surface area contributed by atoms with E-state index < -0.39 is 5.97 Å². The number of hydrogen-bond acceptors (Lipinski definition) is 4. The molecular formula is C11H17N3O3. The van der Waals surface area contributed by atoms with Crippen LogP contribution in [0.1, 0.15) is 28.9 Å². The summed E-state index contributed by atoms with van der Waals surface area (Å²) in [6.07, 6.45) is 3.21. The van der Waals surface area contributed by atoms with Gasteiger partial charge in [0.1, 0.15) is 5.56 Å². The zero-order valence-corrected chi connectivity index (χ0v) is 9.76. The number of aryl methyl sites for hydroxylation is 1. The van der Waals surface area contributed by atoms with Crippen LogP contribution >= 0.6 is 0 Å². The maximum absolute atomic E-state index is 10.9. The molecule has 0 radical (unpaired) electrons. The lowest BCUT2D eigenvalue weighted by molar-refractivity contribution is 0.0695. The number of aliphatic hydroxyl groups excluding tert-OH is 1. The van der Waals surface area contributed by atoms with Gasteiger partial charge in [0.2, 0.25) is 0 Å². The third kappa shape index (κ3) is 2.83. The summed E-state index contributed by atoms with van der Waals surface area (Å²) in [7, 11) is 1.71. The smallest absolute Gasteiger partial charge is 0.339 e. The van der Waals surface area contributed by atoms with Gasteiger partial charge in [0.25, 0.3) is 0 Å². The van der Waals surface area contributed by atoms with Crippen LogP contribution in [0.2, 0.25) is 0 Å². The Morgan fingerprint density at radius 2 is 2.41 bits per heavy atom. The first-order valence-electron chi connectivity index (χ1n) is 5.72. The van der Waals surface area contributed by atoms with Crippen LogP contribution in [0.4, 0.5) is 0 Å². The standard InChI is InChI=1S/C11H17N3O3/c1-14-9(8(4-13-14)11(16)17)5-12-6-10(15)7-2-3-7/h4,7,10,12,15H,2-3,5-6H2,1H3,(H,16,17). The Balaban J connectivity index is 1.89. The molecule has 3 N–H and O–H groups in total. The van der Waals surface area contributed by atoms with E-state index in [1.165, 1.54) is 6.20 Å². The molecule has 1 aliphatic carbocycles. The summed E-state index contributed by atoms with van der Waals surface area (Å²) in [4.78, 5) is 10.9. The van der Waals surface area contributed by atoms with Crippen LogP contribution in [0.3, 0.4) is 0 Å². The molecular weight excluding hydrogens is 222 g/mol. The van der Waals surface area contributed by atoms with Crippen molar-refractivity contribution in [2.45, 2.75) is 25.5 Å². The summed E-state index contributed by atoms with van der Waals surface area (Å²) < 4.78 is 1.54. The highest BCUT2D eigenvalue weighted by Gasteiger charge is 2.29. The molecule has 1 heterocycles. The van der Waals surface area contributed by atoms with E-state index >= 15 is 0 Å². The molecule has 0 saturated heterocycles. The number of aromatic nitrogens is 2. The van der Waals surface area contributed by atoms with Crippen molar-refractivity contribution in [2.75, 3.05) is 6.54 Å². The van der Waals surface area contributed by atoms with Gasteiger partial charge in [-0.3, -0.25) is 4.68 Å². The average Bonchev–Trinajstić information content (AvgIpc) is 3.05. The number of aromatic carboxylic acids is 1. The van der Waals surface area contributed by atoms with Crippen molar-refractivity contribution in [3.63, 3.8) is 0 Å². The number of carbonyl (C=O) groups is 1. The van der Waals surface area contributed by atoms with Crippen molar-refractivity contribution in [1.82, 2.24) is 15.1 Å². The Labute approximate surface area is 99.3 Å². The molecule has 1 unspecified atom stereocenters. The number of aliphatic hydroxyl groups is 1. The number of carboxylic acid groups (broad SMARTS) is 1. The minimum atomic E-state index is -0.974. The molecule has 1 fully saturated rings. The van der Waals surface area contributed by atoms with E-state index in [-0.39, 0.29) is 11.7 Å². The van der Waals surface area contributed by atoms with Gasteiger partial charge in [0.05, 0.1) is 18.0 Å². The number of hydrogen-bond donors (Lipinski definition) is 3. The SMILES string of the molecule is Cn1ncc(C(=O)O)c1CNCC(O)C1CC1. The van der Waals surface area contributed by atoms with E-state index in [0.29, 0.717) is 24.7 Å². The van der Waals surface area contributed by atoms with Gasteiger partial charge in [-0.25, -0.2) is 4.79 Å². The van der Waals surface area contributed by atoms with Crippen LogP contribution in [-0.2, 0) is 13.6 Å². The summed E-state index contributed by atoms with van der Waals surface area (Å²) in [6, 6.07) is 0. The Kier molecular flexibility index (Phi) is 3.44. The van der Waals surface area contributed by atoms with Gasteiger partial charge in [-0.05, 0) is 18.8 Å². The molecule has 0 spiro atoms. The van der Waals surface area contributed by atoms with E-state index in [2.05, 4.69) is 10.4 Å². The molecule has 2 rings (SSSR count). The lowest BCUT2D eigenvalue weighted by Gasteiger charge is -2.11. The monoisotopic (exact) mass is 239 g/mol. The predicted octanol–water partition coefficient (Wildman–Crippen LogP) is -0.0212. The Morgan fingerprint density at radius 3 is 3.00 bits per heavy atom. The van der Waals surface area contributed by atoms with Crippen molar-refractivity contribution in [3.05, 3.63) is 17.5 Å². The van der Waals surface area contributed by atoms with Crippen LogP contribution < -0.4 is 5.32 Å². The van der Waals surface area contributed by atoms with Gasteiger partial charge in [-0.1, -0.05) is 0 Å². The van der Waals surface area contributed by atoms with Gasteiger partial charge in [0.15, 0.2) is 0 Å². The summed E-state index contributed by atoms with van der Waals surface area (Å²) >= 11 is 0. The van der Waals surface area contributed by atoms with Crippen LogP contribution in [0.25, 0.3) is 0 Å². The molecule has 1 aromatic heterocycles. The Hall–Kier alpha value is -1.40. The number of carboxylic acids is 1. The van der Waals surface area contributed by atoms with Gasteiger partial charge in [-0.15, -0.1) is 0 Å². The van der Waals surface area contributed by atoms with E-state index in [1.807, 2.05) is 0 Å². The van der Waals surface area contributed by atoms with E-state index in [9.17, 15) is 9.90 Å². The summed E-state index contributed by atoms with van der Waals surface area (Å²) in [6.45, 7) is 0.900. The summed E-state index contributed by atoms with van der Waals surface area (Å²) in [5.74, 6) is -0.550. The van der Waals surface area contributed by atoms with Crippen LogP contribution in [0.5, 0.6) is 0 Å². The largest absolute Gasteiger partial charge is 0.478 e. The molecule has 0 bridgehead atoms. The second kappa shape index (κ2) is 4.85. The third-order valence-corrected chi connectivity index (χ3v) is 3.10. The second-order valence-electron chi connectivity index (χ2n) is 4.47. The molecule has 0 amide bonds. The number of nitrogens with zero attached hydrogens (tertiary/aromatic N) is 2. The molecule has 1 aliphatic rings. The van der Waals surface area contributed by atoms with Crippen molar-refractivity contribution < 1.29 is 15.0 Å². The van der Waals surface area contributed by atoms with Crippen LogP contribution in [0, 0.1) is 5.92 Å². The maximum Gasteiger partial charge on any atom is 0.339 e. The van der Waals surface area contributed by atoms with E-state index in [0.717, 1.165) is 12.8 Å². The number of nitrogens with one attached hydrogen (secondary N) is 1.